The van der Waals surface area contributed by atoms with Crippen molar-refractivity contribution >= 4 is 19.1 Å². The highest BCUT2D eigenvalue weighted by molar-refractivity contribution is 7.63. The Hall–Kier alpha value is -0.830. The molecule has 5 nitrogen and oxygen atoms in total. The van der Waals surface area contributed by atoms with Crippen LogP contribution in [-0.4, -0.2) is 43.6 Å². The van der Waals surface area contributed by atoms with Gasteiger partial charge in [0.15, 0.2) is 0 Å². The van der Waals surface area contributed by atoms with Gasteiger partial charge in [0.2, 0.25) is 0 Å². The molecule has 0 heterocycles. The molecule has 0 aliphatic rings. The quantitative estimate of drug-likeness (QED) is 0.267. The zero-order valence-electron chi connectivity index (χ0n) is 15.0. The van der Waals surface area contributed by atoms with Crippen molar-refractivity contribution in [1.29, 1.82) is 0 Å². The van der Waals surface area contributed by atoms with E-state index in [2.05, 4.69) is 0 Å². The molecule has 0 spiro atoms. The molecule has 0 N–H and O–H groups in total. The van der Waals surface area contributed by atoms with Crippen LogP contribution in [0.15, 0.2) is 0 Å². The summed E-state index contributed by atoms with van der Waals surface area (Å²) in [7, 11) is -2.51. The van der Waals surface area contributed by atoms with E-state index >= 15 is 0 Å². The van der Waals surface area contributed by atoms with Crippen LogP contribution in [0.1, 0.15) is 65.7 Å². The molecular weight excluding hydrogens is 315 g/mol. The normalized spacial score (nSPS) is 11.3. The summed E-state index contributed by atoms with van der Waals surface area (Å²) < 4.78 is 23.1. The van der Waals surface area contributed by atoms with Crippen molar-refractivity contribution in [2.45, 2.75) is 65.7 Å². The molecule has 23 heavy (non-hydrogen) atoms. The van der Waals surface area contributed by atoms with Gasteiger partial charge in [-0.1, -0.05) is 33.6 Å². The first-order valence-electron chi connectivity index (χ1n) is 8.85. The van der Waals surface area contributed by atoms with Gasteiger partial charge in [0.05, 0.1) is 33.2 Å². The Bertz CT molecular complexity index is 351. The van der Waals surface area contributed by atoms with E-state index < -0.39 is 7.14 Å². The zero-order chi connectivity index (χ0) is 17.6. The Labute approximate surface area is 140 Å². The second-order valence-corrected chi connectivity index (χ2v) is 9.33. The van der Waals surface area contributed by atoms with Gasteiger partial charge in [0.25, 0.3) is 0 Å². The van der Waals surface area contributed by atoms with Crippen molar-refractivity contribution in [3.8, 4) is 0 Å². The molecule has 0 aromatic heterocycles. The number of unbranched alkanes of at least 4 members (excludes halogenated alkanes) is 2. The molecule has 0 fully saturated rings. The molecule has 0 amide bonds. The molecule has 6 heteroatoms. The van der Waals surface area contributed by atoms with Crippen LogP contribution in [0.2, 0.25) is 0 Å². The van der Waals surface area contributed by atoms with E-state index in [4.69, 9.17) is 9.47 Å². The first kappa shape index (κ1) is 22.2. The first-order chi connectivity index (χ1) is 11.0. The van der Waals surface area contributed by atoms with Crippen LogP contribution in [-0.2, 0) is 23.6 Å². The van der Waals surface area contributed by atoms with Gasteiger partial charge in [-0.15, -0.1) is 0 Å². The summed E-state index contributed by atoms with van der Waals surface area (Å²) in [4.78, 5) is 23.3. The van der Waals surface area contributed by atoms with Crippen LogP contribution in [0, 0.1) is 0 Å². The Balaban J connectivity index is 4.20. The summed E-state index contributed by atoms with van der Waals surface area (Å²) in [6.07, 6.45) is 6.00. The topological polar surface area (TPSA) is 69.7 Å². The second-order valence-electron chi connectivity index (χ2n) is 5.88. The molecule has 0 saturated carbocycles. The Morgan fingerprint density at radius 1 is 0.739 bits per heavy atom. The summed E-state index contributed by atoms with van der Waals surface area (Å²) in [6.45, 7) is 6.88. The molecule has 136 valence electrons. The predicted molar refractivity (Wildman–Crippen MR) is 93.5 cm³/mol. The Morgan fingerprint density at radius 2 is 1.17 bits per heavy atom. The van der Waals surface area contributed by atoms with Gasteiger partial charge in [0, 0.05) is 18.5 Å². The average Bonchev–Trinajstić information content (AvgIpc) is 2.52. The fourth-order valence-corrected chi connectivity index (χ4v) is 4.80. The lowest BCUT2D eigenvalue weighted by molar-refractivity contribution is -0.144. The average molecular weight is 348 g/mol. The van der Waals surface area contributed by atoms with Gasteiger partial charge in [-0.05, 0) is 19.3 Å². The van der Waals surface area contributed by atoms with E-state index in [0.29, 0.717) is 31.7 Å². The summed E-state index contributed by atoms with van der Waals surface area (Å²) in [5, 5.41) is 0. The van der Waals surface area contributed by atoms with Crippen LogP contribution >= 0.6 is 7.14 Å². The lowest BCUT2D eigenvalue weighted by Gasteiger charge is -2.17. The summed E-state index contributed by atoms with van der Waals surface area (Å²) in [6, 6.07) is 0. The van der Waals surface area contributed by atoms with Gasteiger partial charge in [-0.2, -0.15) is 0 Å². The summed E-state index contributed by atoms with van der Waals surface area (Å²) in [5.74, 6) is -0.583. The number of hydrogen-bond donors (Lipinski definition) is 0. The van der Waals surface area contributed by atoms with Gasteiger partial charge >= 0.3 is 11.9 Å². The van der Waals surface area contributed by atoms with Crippen LogP contribution in [0.3, 0.4) is 0 Å². The van der Waals surface area contributed by atoms with E-state index in [-0.39, 0.29) is 24.8 Å². The molecule has 0 radical (unpaired) electrons. The minimum atomic E-state index is -2.51. The Kier molecular flexibility index (Phi) is 13.1. The maximum atomic E-state index is 12.9. The SMILES string of the molecule is CCCCOC(=O)CCP(=O)(CCC)CCC(=O)OCCCC. The number of esters is 2. The molecule has 0 rings (SSSR count). The van der Waals surface area contributed by atoms with Crippen LogP contribution < -0.4 is 0 Å². The molecule has 0 bridgehead atoms. The predicted octanol–water partition coefficient (Wildman–Crippen LogP) is 4.23. The van der Waals surface area contributed by atoms with Crippen LogP contribution in [0.4, 0.5) is 0 Å². The van der Waals surface area contributed by atoms with E-state index in [0.717, 1.165) is 32.1 Å². The highest BCUT2D eigenvalue weighted by Crippen LogP contribution is 2.47. The lowest BCUT2D eigenvalue weighted by Crippen LogP contribution is -2.13. The number of rotatable bonds is 14. The fraction of sp³-hybridized carbons (Fsp3) is 0.882. The molecule has 0 aromatic rings. The molecule has 0 atom stereocenters. The molecule has 0 saturated heterocycles. The highest BCUT2D eigenvalue weighted by Gasteiger charge is 2.24. The molecule has 0 aromatic carbocycles. The van der Waals surface area contributed by atoms with Gasteiger partial charge in [-0.3, -0.25) is 9.59 Å². The van der Waals surface area contributed by atoms with Gasteiger partial charge in [0.1, 0.15) is 0 Å². The summed E-state index contributed by atoms with van der Waals surface area (Å²) >= 11 is 0. The van der Waals surface area contributed by atoms with E-state index in [1.165, 1.54) is 0 Å². The number of carbonyl (C=O) groups is 2. The number of ether oxygens (including phenoxy) is 2. The minimum absolute atomic E-state index is 0.172. The molecular formula is C17H33O5P. The third kappa shape index (κ3) is 12.3. The Morgan fingerprint density at radius 3 is 1.52 bits per heavy atom. The maximum Gasteiger partial charge on any atom is 0.306 e. The third-order valence-corrected chi connectivity index (χ3v) is 6.94. The second kappa shape index (κ2) is 13.6. The van der Waals surface area contributed by atoms with Crippen molar-refractivity contribution in [2.75, 3.05) is 31.7 Å². The highest BCUT2D eigenvalue weighted by atomic mass is 31.2. The van der Waals surface area contributed by atoms with Crippen molar-refractivity contribution < 1.29 is 23.6 Å². The number of carbonyl (C=O) groups excluding carboxylic acids is 2. The zero-order valence-corrected chi connectivity index (χ0v) is 15.9. The van der Waals surface area contributed by atoms with Crippen LogP contribution in [0.5, 0.6) is 0 Å². The van der Waals surface area contributed by atoms with E-state index in [9.17, 15) is 14.2 Å². The number of hydrogen-bond acceptors (Lipinski definition) is 5. The first-order valence-corrected chi connectivity index (χ1v) is 11.1. The van der Waals surface area contributed by atoms with Crippen molar-refractivity contribution in [1.82, 2.24) is 0 Å². The van der Waals surface area contributed by atoms with E-state index in [1.807, 2.05) is 20.8 Å². The van der Waals surface area contributed by atoms with Gasteiger partial charge in [-0.25, -0.2) is 0 Å². The molecule has 0 aliphatic carbocycles. The smallest absolute Gasteiger partial charge is 0.306 e. The lowest BCUT2D eigenvalue weighted by atomic mass is 10.4. The van der Waals surface area contributed by atoms with Crippen molar-refractivity contribution in [2.24, 2.45) is 0 Å². The maximum absolute atomic E-state index is 12.9. The standard InChI is InChI=1S/C17H33O5P/c1-4-7-11-21-16(18)9-14-23(20,13-6-3)15-10-17(19)22-12-8-5-2/h4-15H2,1-3H3. The van der Waals surface area contributed by atoms with Crippen molar-refractivity contribution in [3.05, 3.63) is 0 Å². The molecule has 0 unspecified atom stereocenters. The molecule has 0 aliphatic heterocycles. The minimum Gasteiger partial charge on any atom is -0.466 e. The monoisotopic (exact) mass is 348 g/mol. The van der Waals surface area contributed by atoms with E-state index in [1.54, 1.807) is 0 Å². The largest absolute Gasteiger partial charge is 0.466 e. The van der Waals surface area contributed by atoms with Crippen molar-refractivity contribution in [3.63, 3.8) is 0 Å². The fourth-order valence-electron chi connectivity index (χ4n) is 2.14. The summed E-state index contributed by atoms with van der Waals surface area (Å²) in [5.41, 5.74) is 0. The third-order valence-electron chi connectivity index (χ3n) is 3.60. The van der Waals surface area contributed by atoms with Gasteiger partial charge < -0.3 is 14.0 Å². The van der Waals surface area contributed by atoms with Crippen LogP contribution in [0.25, 0.3) is 0 Å².